The largest absolute Gasteiger partial charge is 0.396 e. The van der Waals surface area contributed by atoms with Gasteiger partial charge in [0.25, 0.3) is 0 Å². The number of unbranched alkanes of at least 4 members (excludes halogenated alkanes) is 1. The van der Waals surface area contributed by atoms with E-state index in [9.17, 15) is 9.59 Å². The summed E-state index contributed by atoms with van der Waals surface area (Å²) < 4.78 is 0. The van der Waals surface area contributed by atoms with Crippen LogP contribution in [0, 0.1) is 0 Å². The summed E-state index contributed by atoms with van der Waals surface area (Å²) in [4.78, 5) is 23.9. The van der Waals surface area contributed by atoms with Gasteiger partial charge in [0.05, 0.1) is 11.4 Å². The Kier molecular flexibility index (Phi) is 4.81. The summed E-state index contributed by atoms with van der Waals surface area (Å²) in [6.45, 7) is 0.107. The lowest BCUT2D eigenvalue weighted by Gasteiger charge is -2.17. The minimum atomic E-state index is -0.0804. The molecular formula is C13H16N2O3S. The number of benzene rings is 1. The molecule has 102 valence electrons. The first-order valence-electron chi connectivity index (χ1n) is 6.16. The Morgan fingerprint density at radius 2 is 2.26 bits per heavy atom. The third-order valence-electron chi connectivity index (χ3n) is 2.71. The molecule has 2 amide bonds. The number of anilines is 2. The van der Waals surface area contributed by atoms with Gasteiger partial charge in [0.15, 0.2) is 0 Å². The van der Waals surface area contributed by atoms with E-state index >= 15 is 0 Å². The lowest BCUT2D eigenvalue weighted by molar-refractivity contribution is -0.116. The number of fused-ring (bicyclic) bond motifs is 1. The van der Waals surface area contributed by atoms with E-state index < -0.39 is 0 Å². The van der Waals surface area contributed by atoms with Gasteiger partial charge in [-0.2, -0.15) is 0 Å². The second kappa shape index (κ2) is 6.58. The lowest BCUT2D eigenvalue weighted by Crippen LogP contribution is -2.19. The number of hydrogen-bond donors (Lipinski definition) is 3. The number of thioether (sulfide) groups is 1. The highest BCUT2D eigenvalue weighted by atomic mass is 32.2. The monoisotopic (exact) mass is 280 g/mol. The van der Waals surface area contributed by atoms with E-state index in [1.54, 1.807) is 6.07 Å². The van der Waals surface area contributed by atoms with Crippen molar-refractivity contribution >= 4 is 35.0 Å². The van der Waals surface area contributed by atoms with Crippen LogP contribution >= 0.6 is 11.8 Å². The van der Waals surface area contributed by atoms with E-state index in [2.05, 4.69) is 10.6 Å². The Morgan fingerprint density at radius 3 is 3.05 bits per heavy atom. The molecule has 1 aromatic carbocycles. The van der Waals surface area contributed by atoms with Crippen LogP contribution in [0.1, 0.15) is 19.3 Å². The van der Waals surface area contributed by atoms with Crippen LogP contribution in [0.2, 0.25) is 0 Å². The average molecular weight is 280 g/mol. The first kappa shape index (κ1) is 13.9. The fraction of sp³-hybridized carbons (Fsp3) is 0.385. The van der Waals surface area contributed by atoms with Gasteiger partial charge in [0.2, 0.25) is 11.8 Å². The minimum absolute atomic E-state index is 0.0241. The highest BCUT2D eigenvalue weighted by molar-refractivity contribution is 8.00. The molecule has 1 aromatic rings. The molecule has 1 aliphatic rings. The van der Waals surface area contributed by atoms with Crippen molar-refractivity contribution < 1.29 is 14.7 Å². The van der Waals surface area contributed by atoms with Gasteiger partial charge in [0.1, 0.15) is 0 Å². The van der Waals surface area contributed by atoms with Crippen LogP contribution in [0.5, 0.6) is 0 Å². The van der Waals surface area contributed by atoms with Crippen LogP contribution in [-0.2, 0) is 9.59 Å². The molecule has 19 heavy (non-hydrogen) atoms. The SMILES string of the molecule is O=C(CCCCO)Nc1ccc2c(c1)NC(=O)CS2. The number of carbonyl (C=O) groups excluding carboxylic acids is 2. The molecule has 3 N–H and O–H groups in total. The zero-order chi connectivity index (χ0) is 13.7. The predicted molar refractivity (Wildman–Crippen MR) is 75.4 cm³/mol. The number of hydrogen-bond acceptors (Lipinski definition) is 4. The van der Waals surface area contributed by atoms with Gasteiger partial charge in [-0.15, -0.1) is 11.8 Å². The van der Waals surface area contributed by atoms with Gasteiger partial charge in [-0.3, -0.25) is 9.59 Å². The first-order valence-corrected chi connectivity index (χ1v) is 7.15. The van der Waals surface area contributed by atoms with Crippen molar-refractivity contribution in [2.45, 2.75) is 24.2 Å². The molecule has 0 atom stereocenters. The summed E-state index contributed by atoms with van der Waals surface area (Å²) in [5.74, 6) is 0.326. The van der Waals surface area contributed by atoms with Gasteiger partial charge in [0, 0.05) is 23.6 Å². The summed E-state index contributed by atoms with van der Waals surface area (Å²) in [5, 5.41) is 14.2. The van der Waals surface area contributed by atoms with E-state index in [-0.39, 0.29) is 18.4 Å². The lowest BCUT2D eigenvalue weighted by atomic mass is 10.2. The van der Waals surface area contributed by atoms with Crippen LogP contribution in [0.15, 0.2) is 23.1 Å². The number of rotatable bonds is 5. The van der Waals surface area contributed by atoms with E-state index in [0.29, 0.717) is 30.7 Å². The number of aliphatic hydroxyl groups excluding tert-OH is 1. The second-order valence-corrected chi connectivity index (χ2v) is 5.29. The highest BCUT2D eigenvalue weighted by Gasteiger charge is 2.15. The third kappa shape index (κ3) is 3.97. The second-order valence-electron chi connectivity index (χ2n) is 4.28. The molecule has 2 rings (SSSR count). The van der Waals surface area contributed by atoms with Crippen molar-refractivity contribution in [2.24, 2.45) is 0 Å². The number of aliphatic hydroxyl groups is 1. The smallest absolute Gasteiger partial charge is 0.234 e. The van der Waals surface area contributed by atoms with Crippen molar-refractivity contribution in [3.05, 3.63) is 18.2 Å². The van der Waals surface area contributed by atoms with Crippen LogP contribution in [-0.4, -0.2) is 29.3 Å². The van der Waals surface area contributed by atoms with Crippen molar-refractivity contribution in [3.8, 4) is 0 Å². The van der Waals surface area contributed by atoms with Crippen molar-refractivity contribution in [3.63, 3.8) is 0 Å². The normalized spacial score (nSPS) is 13.6. The van der Waals surface area contributed by atoms with E-state index in [4.69, 9.17) is 5.11 Å². The molecule has 1 aliphatic heterocycles. The quantitative estimate of drug-likeness (QED) is 0.719. The molecule has 0 bridgehead atoms. The molecule has 0 unspecified atom stereocenters. The zero-order valence-corrected chi connectivity index (χ0v) is 11.3. The van der Waals surface area contributed by atoms with Crippen molar-refractivity contribution in [1.82, 2.24) is 0 Å². The first-order chi connectivity index (χ1) is 9.19. The molecular weight excluding hydrogens is 264 g/mol. The average Bonchev–Trinajstić information content (AvgIpc) is 2.38. The molecule has 0 saturated carbocycles. The maximum Gasteiger partial charge on any atom is 0.234 e. The minimum Gasteiger partial charge on any atom is -0.396 e. The Morgan fingerprint density at radius 1 is 1.42 bits per heavy atom. The summed E-state index contributed by atoms with van der Waals surface area (Å²) >= 11 is 1.49. The highest BCUT2D eigenvalue weighted by Crippen LogP contribution is 2.33. The van der Waals surface area contributed by atoms with Crippen molar-refractivity contribution in [1.29, 1.82) is 0 Å². The summed E-state index contributed by atoms with van der Waals surface area (Å²) in [6, 6.07) is 5.49. The van der Waals surface area contributed by atoms with Gasteiger partial charge < -0.3 is 15.7 Å². The molecule has 0 saturated heterocycles. The molecule has 0 radical (unpaired) electrons. The van der Waals surface area contributed by atoms with Crippen LogP contribution in [0.4, 0.5) is 11.4 Å². The summed E-state index contributed by atoms with van der Waals surface area (Å²) in [7, 11) is 0. The Labute approximate surface area is 115 Å². The number of amides is 2. The Balaban J connectivity index is 1.96. The molecule has 5 nitrogen and oxygen atoms in total. The summed E-state index contributed by atoms with van der Waals surface area (Å²) in [6.07, 6.45) is 1.68. The standard InChI is InChI=1S/C13H16N2O3S/c16-6-2-1-3-12(17)14-9-4-5-11-10(7-9)15-13(18)8-19-11/h4-5,7,16H,1-3,6,8H2,(H,14,17)(H,15,18). The zero-order valence-electron chi connectivity index (χ0n) is 10.4. The topological polar surface area (TPSA) is 78.4 Å². The molecule has 0 fully saturated rings. The van der Waals surface area contributed by atoms with Gasteiger partial charge in [-0.25, -0.2) is 0 Å². The van der Waals surface area contributed by atoms with Crippen LogP contribution in [0.25, 0.3) is 0 Å². The van der Waals surface area contributed by atoms with Crippen molar-refractivity contribution in [2.75, 3.05) is 23.0 Å². The molecule has 0 spiro atoms. The van der Waals surface area contributed by atoms with Gasteiger partial charge in [-0.05, 0) is 31.0 Å². The fourth-order valence-corrected chi connectivity index (χ4v) is 2.57. The van der Waals surface area contributed by atoms with E-state index in [1.165, 1.54) is 11.8 Å². The Bertz CT molecular complexity index is 491. The molecule has 6 heteroatoms. The van der Waals surface area contributed by atoms with Crippen LogP contribution < -0.4 is 10.6 Å². The maximum atomic E-state index is 11.6. The Hall–Kier alpha value is -1.53. The van der Waals surface area contributed by atoms with Gasteiger partial charge in [-0.1, -0.05) is 0 Å². The number of nitrogens with one attached hydrogen (secondary N) is 2. The summed E-state index contributed by atoms with van der Waals surface area (Å²) in [5.41, 5.74) is 1.42. The van der Waals surface area contributed by atoms with E-state index in [1.807, 2.05) is 12.1 Å². The maximum absolute atomic E-state index is 11.6. The fourth-order valence-electron chi connectivity index (χ4n) is 1.78. The molecule has 0 aromatic heterocycles. The third-order valence-corrected chi connectivity index (χ3v) is 3.78. The van der Waals surface area contributed by atoms with Gasteiger partial charge >= 0.3 is 0 Å². The van der Waals surface area contributed by atoms with Crippen LogP contribution in [0.3, 0.4) is 0 Å². The molecule has 0 aliphatic carbocycles. The number of carbonyl (C=O) groups is 2. The predicted octanol–water partition coefficient (Wildman–Crippen LogP) is 1.83. The van der Waals surface area contributed by atoms with E-state index in [0.717, 1.165) is 10.6 Å². The molecule has 1 heterocycles.